The quantitative estimate of drug-likeness (QED) is 0.468. The lowest BCUT2D eigenvalue weighted by Crippen LogP contribution is -2.44. The molecule has 170 valence electrons. The van der Waals surface area contributed by atoms with E-state index >= 15 is 0 Å². The van der Waals surface area contributed by atoms with Crippen LogP contribution in [-0.4, -0.2) is 33.2 Å². The number of esters is 2. The molecule has 1 unspecified atom stereocenters. The van der Waals surface area contributed by atoms with Crippen LogP contribution in [0.5, 0.6) is 0 Å². The molecule has 0 amide bonds. The average Bonchev–Trinajstić information content (AvgIpc) is 3.18. The Bertz CT molecular complexity index is 1380. The highest BCUT2D eigenvalue weighted by Gasteiger charge is 2.45. The molecule has 0 radical (unpaired) electrons. The fourth-order valence-corrected chi connectivity index (χ4v) is 4.86. The molecule has 1 N–H and O–H groups in total. The molecule has 2 aliphatic heterocycles. The number of carbonyl (C=O) groups excluding carboxylic acids is 2. The Morgan fingerprint density at radius 3 is 2.79 bits per heavy atom. The summed E-state index contributed by atoms with van der Waals surface area (Å²) in [5.74, 6) is -1.03. The molecule has 0 fully saturated rings. The number of carbonyl (C=O) groups is 2. The zero-order valence-corrected chi connectivity index (χ0v) is 18.5. The van der Waals surface area contributed by atoms with Crippen molar-refractivity contribution in [2.45, 2.75) is 51.9 Å². The van der Waals surface area contributed by atoms with E-state index in [9.17, 15) is 19.5 Å². The predicted molar refractivity (Wildman–Crippen MR) is 119 cm³/mol. The van der Waals surface area contributed by atoms with Crippen LogP contribution in [0.4, 0.5) is 0 Å². The number of cyclic esters (lactones) is 1. The molecule has 8 heteroatoms. The number of para-hydroxylation sites is 1. The zero-order valence-electron chi connectivity index (χ0n) is 18.5. The molecule has 0 saturated heterocycles. The number of aromatic nitrogens is 2. The van der Waals surface area contributed by atoms with Crippen LogP contribution in [0, 0.1) is 0 Å². The Kier molecular flexibility index (Phi) is 5.05. The third-order valence-corrected chi connectivity index (χ3v) is 6.60. The standard InChI is InChI=1S/C25H24N2O6/c1-3-25(31)18-11-20-22-16(12-27(20)23(29)17(18)13-33-24(25)30)14(9-10-21(28)32-4-2)15-7-5-6-8-19(15)26-22/h5-8,11,31H,3-4,9-10,12-13H2,1-2H3. The van der Waals surface area contributed by atoms with Gasteiger partial charge in [-0.1, -0.05) is 25.1 Å². The van der Waals surface area contributed by atoms with Gasteiger partial charge >= 0.3 is 11.9 Å². The number of fused-ring (bicyclic) bond motifs is 5. The molecule has 0 spiro atoms. The summed E-state index contributed by atoms with van der Waals surface area (Å²) in [4.78, 5) is 42.7. The van der Waals surface area contributed by atoms with Crippen molar-refractivity contribution in [1.82, 2.24) is 9.55 Å². The van der Waals surface area contributed by atoms with E-state index in [2.05, 4.69) is 0 Å². The van der Waals surface area contributed by atoms with Gasteiger partial charge in [0, 0.05) is 22.9 Å². The van der Waals surface area contributed by atoms with E-state index in [4.69, 9.17) is 14.5 Å². The maximum atomic E-state index is 13.4. The summed E-state index contributed by atoms with van der Waals surface area (Å²) in [6.45, 7) is 3.90. The Morgan fingerprint density at radius 2 is 2.03 bits per heavy atom. The maximum absolute atomic E-state index is 13.4. The Labute approximate surface area is 189 Å². The third kappa shape index (κ3) is 3.16. The first-order chi connectivity index (χ1) is 15.9. The molecule has 2 aromatic heterocycles. The van der Waals surface area contributed by atoms with Crippen LogP contribution in [-0.2, 0) is 44.2 Å². The molecule has 8 nitrogen and oxygen atoms in total. The minimum absolute atomic E-state index is 0.0878. The van der Waals surface area contributed by atoms with E-state index in [-0.39, 0.29) is 42.1 Å². The number of ether oxygens (including phenoxy) is 2. The number of hydrogen-bond donors (Lipinski definition) is 1. The number of pyridine rings is 2. The Morgan fingerprint density at radius 1 is 1.24 bits per heavy atom. The van der Waals surface area contributed by atoms with E-state index in [1.165, 1.54) is 0 Å². The molecule has 0 bridgehead atoms. The highest BCUT2D eigenvalue weighted by atomic mass is 16.6. The second-order valence-corrected chi connectivity index (χ2v) is 8.34. The van der Waals surface area contributed by atoms with Gasteiger partial charge in [0.05, 0.1) is 35.6 Å². The topological polar surface area (TPSA) is 108 Å². The van der Waals surface area contributed by atoms with Crippen molar-refractivity contribution in [3.05, 3.63) is 62.9 Å². The van der Waals surface area contributed by atoms with Crippen molar-refractivity contribution in [3.63, 3.8) is 0 Å². The van der Waals surface area contributed by atoms with Gasteiger partial charge in [0.1, 0.15) is 6.61 Å². The lowest BCUT2D eigenvalue weighted by molar-refractivity contribution is -0.172. The molecule has 2 aliphatic rings. The van der Waals surface area contributed by atoms with Gasteiger partial charge in [-0.15, -0.1) is 0 Å². The lowest BCUT2D eigenvalue weighted by Gasteiger charge is -2.31. The Balaban J connectivity index is 1.71. The lowest BCUT2D eigenvalue weighted by atomic mass is 9.86. The molecule has 1 aromatic carbocycles. The van der Waals surface area contributed by atoms with Gasteiger partial charge in [-0.3, -0.25) is 9.59 Å². The molecule has 5 rings (SSSR count). The molecular weight excluding hydrogens is 424 g/mol. The predicted octanol–water partition coefficient (Wildman–Crippen LogP) is 2.58. The van der Waals surface area contributed by atoms with Gasteiger partial charge in [0.15, 0.2) is 5.60 Å². The summed E-state index contributed by atoms with van der Waals surface area (Å²) in [6.07, 6.45) is 0.756. The monoisotopic (exact) mass is 448 g/mol. The summed E-state index contributed by atoms with van der Waals surface area (Å²) < 4.78 is 11.8. The first-order valence-electron chi connectivity index (χ1n) is 11.1. The summed E-state index contributed by atoms with van der Waals surface area (Å²) >= 11 is 0. The van der Waals surface area contributed by atoms with Crippen molar-refractivity contribution in [3.8, 4) is 11.4 Å². The minimum atomic E-state index is -1.87. The van der Waals surface area contributed by atoms with Crippen LogP contribution in [0.2, 0.25) is 0 Å². The van der Waals surface area contributed by atoms with Crippen molar-refractivity contribution in [2.24, 2.45) is 0 Å². The first kappa shape index (κ1) is 21.3. The maximum Gasteiger partial charge on any atom is 0.343 e. The largest absolute Gasteiger partial charge is 0.466 e. The fraction of sp³-hybridized carbons (Fsp3) is 0.360. The zero-order chi connectivity index (χ0) is 23.3. The van der Waals surface area contributed by atoms with E-state index in [0.717, 1.165) is 22.0 Å². The molecule has 0 aliphatic carbocycles. The van der Waals surface area contributed by atoms with Crippen LogP contribution in [0.15, 0.2) is 35.1 Å². The van der Waals surface area contributed by atoms with Crippen molar-refractivity contribution in [1.29, 1.82) is 0 Å². The van der Waals surface area contributed by atoms with Crippen LogP contribution in [0.25, 0.3) is 22.3 Å². The number of rotatable bonds is 5. The fourth-order valence-electron chi connectivity index (χ4n) is 4.86. The number of aliphatic hydroxyl groups is 1. The second-order valence-electron chi connectivity index (χ2n) is 8.34. The average molecular weight is 448 g/mol. The molecule has 0 saturated carbocycles. The summed E-state index contributed by atoms with van der Waals surface area (Å²) in [6, 6.07) is 9.35. The molecule has 33 heavy (non-hydrogen) atoms. The number of benzene rings is 1. The van der Waals surface area contributed by atoms with Crippen LogP contribution < -0.4 is 5.56 Å². The molecular formula is C25H24N2O6. The molecule has 4 heterocycles. The highest BCUT2D eigenvalue weighted by molar-refractivity contribution is 5.89. The van der Waals surface area contributed by atoms with Gasteiger partial charge in [-0.25, -0.2) is 9.78 Å². The van der Waals surface area contributed by atoms with Crippen LogP contribution in [0.1, 0.15) is 48.9 Å². The van der Waals surface area contributed by atoms with Crippen molar-refractivity contribution >= 4 is 22.8 Å². The van der Waals surface area contributed by atoms with Crippen molar-refractivity contribution < 1.29 is 24.2 Å². The van der Waals surface area contributed by atoms with Gasteiger partial charge in [0.25, 0.3) is 5.56 Å². The normalized spacial score (nSPS) is 18.5. The van der Waals surface area contributed by atoms with Gasteiger partial charge in [0.2, 0.25) is 0 Å². The highest BCUT2D eigenvalue weighted by Crippen LogP contribution is 2.40. The number of nitrogens with zero attached hydrogens (tertiary/aromatic N) is 2. The summed E-state index contributed by atoms with van der Waals surface area (Å²) in [5.41, 5.74) is 2.14. The van der Waals surface area contributed by atoms with Gasteiger partial charge in [-0.2, -0.15) is 0 Å². The second kappa shape index (κ2) is 7.81. The summed E-state index contributed by atoms with van der Waals surface area (Å²) in [7, 11) is 0. The van der Waals surface area contributed by atoms with Crippen LogP contribution >= 0.6 is 0 Å². The third-order valence-electron chi connectivity index (χ3n) is 6.60. The van der Waals surface area contributed by atoms with E-state index < -0.39 is 11.6 Å². The summed E-state index contributed by atoms with van der Waals surface area (Å²) in [5, 5.41) is 12.0. The van der Waals surface area contributed by atoms with Gasteiger partial charge < -0.3 is 19.1 Å². The SMILES string of the molecule is CCOC(=O)CCc1c2c(nc3ccccc13)-c1cc3c(c(=O)n1C2)COC(=O)C3(O)CC. The molecule has 1 atom stereocenters. The minimum Gasteiger partial charge on any atom is -0.466 e. The van der Waals surface area contributed by atoms with E-state index in [1.807, 2.05) is 24.3 Å². The van der Waals surface area contributed by atoms with Crippen molar-refractivity contribution in [2.75, 3.05) is 6.61 Å². The Hall–Kier alpha value is -3.52. The smallest absolute Gasteiger partial charge is 0.343 e. The van der Waals surface area contributed by atoms with E-state index in [1.54, 1.807) is 24.5 Å². The van der Waals surface area contributed by atoms with Gasteiger partial charge in [-0.05, 0) is 37.5 Å². The molecule has 3 aromatic rings. The number of aryl methyl sites for hydroxylation is 1. The van der Waals surface area contributed by atoms with Crippen LogP contribution in [0.3, 0.4) is 0 Å². The first-order valence-corrected chi connectivity index (χ1v) is 11.1. The number of hydrogen-bond acceptors (Lipinski definition) is 7. The van der Waals surface area contributed by atoms with E-state index in [0.29, 0.717) is 31.0 Å².